The molecule has 1 heterocycles. The maximum atomic E-state index is 11.4. The number of aromatic amines is 1. The molecule has 4 nitrogen and oxygen atoms in total. The van der Waals surface area contributed by atoms with Gasteiger partial charge in [-0.05, 0) is 36.7 Å². The van der Waals surface area contributed by atoms with Crippen molar-refractivity contribution in [3.8, 4) is 0 Å². The van der Waals surface area contributed by atoms with Crippen molar-refractivity contribution in [1.29, 1.82) is 0 Å². The zero-order valence-corrected chi connectivity index (χ0v) is 10.2. The van der Waals surface area contributed by atoms with E-state index in [2.05, 4.69) is 25.9 Å². The highest BCUT2D eigenvalue weighted by molar-refractivity contribution is 9.10. The second kappa shape index (κ2) is 3.82. The molecule has 1 aromatic rings. The van der Waals surface area contributed by atoms with Crippen molar-refractivity contribution in [3.63, 3.8) is 0 Å². The van der Waals surface area contributed by atoms with Crippen LogP contribution in [0.25, 0.3) is 0 Å². The van der Waals surface area contributed by atoms with Crippen molar-refractivity contribution in [2.45, 2.75) is 26.4 Å². The molecular weight excluding hydrogens is 248 g/mol. The van der Waals surface area contributed by atoms with Gasteiger partial charge >= 0.3 is 0 Å². The summed E-state index contributed by atoms with van der Waals surface area (Å²) >= 11 is 3.15. The first-order chi connectivity index (χ1) is 6.38. The molecule has 0 radical (unpaired) electrons. The Hall–Kier alpha value is -0.680. The lowest BCUT2D eigenvalue weighted by molar-refractivity contribution is 0.0111. The lowest BCUT2D eigenvalue weighted by atomic mass is 10.1. The summed E-state index contributed by atoms with van der Waals surface area (Å²) in [6.45, 7) is 5.46. The van der Waals surface area contributed by atoms with Crippen LogP contribution in [-0.4, -0.2) is 17.1 Å². The number of aromatic nitrogens is 2. The first-order valence-electron chi connectivity index (χ1n) is 4.20. The minimum absolute atomic E-state index is 0.183. The molecule has 0 saturated carbocycles. The van der Waals surface area contributed by atoms with Crippen molar-refractivity contribution in [3.05, 3.63) is 26.3 Å². The minimum Gasteiger partial charge on any atom is -0.371 e. The van der Waals surface area contributed by atoms with E-state index in [0.717, 1.165) is 0 Å². The third-order valence-electron chi connectivity index (χ3n) is 2.11. The fourth-order valence-electron chi connectivity index (χ4n) is 0.953. The van der Waals surface area contributed by atoms with Gasteiger partial charge in [0.25, 0.3) is 5.56 Å². The third kappa shape index (κ3) is 2.04. The Balaban J connectivity index is 3.33. The summed E-state index contributed by atoms with van der Waals surface area (Å²) in [6, 6.07) is 0. The number of nitrogens with one attached hydrogen (secondary N) is 1. The van der Waals surface area contributed by atoms with Crippen LogP contribution in [0, 0.1) is 6.92 Å². The van der Waals surface area contributed by atoms with Gasteiger partial charge in [-0.15, -0.1) is 0 Å². The van der Waals surface area contributed by atoms with Crippen LogP contribution in [-0.2, 0) is 10.3 Å². The molecule has 78 valence electrons. The van der Waals surface area contributed by atoms with Gasteiger partial charge in [0.1, 0.15) is 15.9 Å². The topological polar surface area (TPSA) is 55.0 Å². The molecule has 1 aromatic heterocycles. The van der Waals surface area contributed by atoms with E-state index in [-0.39, 0.29) is 5.56 Å². The van der Waals surface area contributed by atoms with Gasteiger partial charge in [0.05, 0.1) is 5.69 Å². The van der Waals surface area contributed by atoms with E-state index in [0.29, 0.717) is 16.0 Å². The molecule has 0 aromatic carbocycles. The number of aryl methyl sites for hydroxylation is 1. The summed E-state index contributed by atoms with van der Waals surface area (Å²) in [5, 5.41) is 0. The molecule has 1 rings (SSSR count). The Bertz CT molecular complexity index is 398. The number of methoxy groups -OCH3 is 1. The molecule has 0 atom stereocenters. The number of ether oxygens (including phenoxy) is 1. The zero-order valence-electron chi connectivity index (χ0n) is 8.64. The monoisotopic (exact) mass is 260 g/mol. The first-order valence-corrected chi connectivity index (χ1v) is 5.00. The number of hydrogen-bond donors (Lipinski definition) is 1. The minimum atomic E-state index is -0.579. The fraction of sp³-hybridized carbons (Fsp3) is 0.556. The average Bonchev–Trinajstić information content (AvgIpc) is 2.13. The summed E-state index contributed by atoms with van der Waals surface area (Å²) < 4.78 is 5.69. The van der Waals surface area contributed by atoms with Gasteiger partial charge in [-0.25, -0.2) is 4.98 Å². The largest absolute Gasteiger partial charge is 0.371 e. The van der Waals surface area contributed by atoms with Crippen molar-refractivity contribution < 1.29 is 4.74 Å². The molecule has 14 heavy (non-hydrogen) atoms. The number of rotatable bonds is 2. The lowest BCUT2D eigenvalue weighted by Gasteiger charge is -2.21. The number of halogens is 1. The molecule has 0 aliphatic carbocycles. The highest BCUT2D eigenvalue weighted by Gasteiger charge is 2.23. The van der Waals surface area contributed by atoms with Crippen molar-refractivity contribution in [2.24, 2.45) is 0 Å². The zero-order chi connectivity index (χ0) is 10.9. The van der Waals surface area contributed by atoms with Crippen molar-refractivity contribution in [2.75, 3.05) is 7.11 Å². The molecule has 0 amide bonds. The molecule has 5 heteroatoms. The summed E-state index contributed by atoms with van der Waals surface area (Å²) in [5.41, 5.74) is -0.101. The molecule has 0 saturated heterocycles. The van der Waals surface area contributed by atoms with Crippen molar-refractivity contribution >= 4 is 15.9 Å². The van der Waals surface area contributed by atoms with Crippen LogP contribution >= 0.6 is 15.9 Å². The number of H-pyrrole nitrogens is 1. The van der Waals surface area contributed by atoms with E-state index < -0.39 is 5.60 Å². The van der Waals surface area contributed by atoms with Gasteiger partial charge < -0.3 is 9.72 Å². The maximum Gasteiger partial charge on any atom is 0.265 e. The van der Waals surface area contributed by atoms with Gasteiger partial charge in [0.15, 0.2) is 0 Å². The molecule has 0 fully saturated rings. The summed E-state index contributed by atoms with van der Waals surface area (Å²) in [7, 11) is 1.58. The summed E-state index contributed by atoms with van der Waals surface area (Å²) in [6.07, 6.45) is 0. The van der Waals surface area contributed by atoms with Crippen LogP contribution < -0.4 is 5.56 Å². The van der Waals surface area contributed by atoms with Crippen LogP contribution in [0.2, 0.25) is 0 Å². The SMILES string of the molecule is COC(C)(C)c1nc(C)c(Br)c(=O)[nH]1. The van der Waals surface area contributed by atoms with Crippen LogP contribution in [0.15, 0.2) is 9.27 Å². The Morgan fingerprint density at radius 3 is 2.50 bits per heavy atom. The van der Waals surface area contributed by atoms with E-state index >= 15 is 0 Å². The first kappa shape index (κ1) is 11.4. The number of nitrogens with zero attached hydrogens (tertiary/aromatic N) is 1. The smallest absolute Gasteiger partial charge is 0.265 e. The molecule has 0 aliphatic rings. The van der Waals surface area contributed by atoms with Crippen LogP contribution in [0.3, 0.4) is 0 Å². The van der Waals surface area contributed by atoms with E-state index in [1.165, 1.54) is 0 Å². The number of hydrogen-bond acceptors (Lipinski definition) is 3. The van der Waals surface area contributed by atoms with Gasteiger partial charge in [-0.1, -0.05) is 0 Å². The standard InChI is InChI=1S/C9H13BrN2O2/c1-5-6(10)7(13)12-8(11-5)9(2,3)14-4/h1-4H3,(H,11,12,13). The van der Waals surface area contributed by atoms with Crippen LogP contribution in [0.1, 0.15) is 25.4 Å². The molecule has 0 bridgehead atoms. The van der Waals surface area contributed by atoms with E-state index in [1.54, 1.807) is 14.0 Å². The Morgan fingerprint density at radius 2 is 2.07 bits per heavy atom. The lowest BCUT2D eigenvalue weighted by Crippen LogP contribution is -2.27. The average molecular weight is 261 g/mol. The predicted octanol–water partition coefficient (Wildman–Crippen LogP) is 1.72. The highest BCUT2D eigenvalue weighted by Crippen LogP contribution is 2.20. The maximum absolute atomic E-state index is 11.4. The second-order valence-electron chi connectivity index (χ2n) is 3.53. The Morgan fingerprint density at radius 1 is 1.50 bits per heavy atom. The van der Waals surface area contributed by atoms with Gasteiger partial charge in [0.2, 0.25) is 0 Å². The third-order valence-corrected chi connectivity index (χ3v) is 3.04. The highest BCUT2D eigenvalue weighted by atomic mass is 79.9. The van der Waals surface area contributed by atoms with Crippen LogP contribution in [0.5, 0.6) is 0 Å². The van der Waals surface area contributed by atoms with Gasteiger partial charge in [0, 0.05) is 7.11 Å². The molecule has 0 spiro atoms. The second-order valence-corrected chi connectivity index (χ2v) is 4.32. The molecule has 0 unspecified atom stereocenters. The fourth-order valence-corrected chi connectivity index (χ4v) is 1.14. The predicted molar refractivity (Wildman–Crippen MR) is 57.3 cm³/mol. The normalized spacial score (nSPS) is 11.8. The summed E-state index contributed by atoms with van der Waals surface area (Å²) in [5.74, 6) is 0.533. The summed E-state index contributed by atoms with van der Waals surface area (Å²) in [4.78, 5) is 18.3. The van der Waals surface area contributed by atoms with E-state index in [1.807, 2.05) is 13.8 Å². The molecular formula is C9H13BrN2O2. The van der Waals surface area contributed by atoms with Crippen LogP contribution in [0.4, 0.5) is 0 Å². The Kier molecular flexibility index (Phi) is 3.11. The Labute approximate surface area is 90.8 Å². The van der Waals surface area contributed by atoms with Gasteiger partial charge in [-0.2, -0.15) is 0 Å². The van der Waals surface area contributed by atoms with Crippen molar-refractivity contribution in [1.82, 2.24) is 9.97 Å². The van der Waals surface area contributed by atoms with E-state index in [9.17, 15) is 4.79 Å². The molecule has 0 aliphatic heterocycles. The quantitative estimate of drug-likeness (QED) is 0.881. The molecule has 1 N–H and O–H groups in total. The van der Waals surface area contributed by atoms with E-state index in [4.69, 9.17) is 4.74 Å². The van der Waals surface area contributed by atoms with Gasteiger partial charge in [-0.3, -0.25) is 4.79 Å².